The standard InChI is InChI=1S/C16H18N6O2S/c1-9-6-14(23)22-13(17-9)7-12(19-22)11-4-3-5-21(8-11)16(24)15-10(2)18-20-25-15/h6-7,11,19H,3-5,8H2,1-2H3/t11-/m1/s1. The zero-order valence-corrected chi connectivity index (χ0v) is 14.8. The third kappa shape index (κ3) is 2.84. The number of rotatable bonds is 2. The molecule has 1 fully saturated rings. The van der Waals surface area contributed by atoms with E-state index in [0.717, 1.165) is 36.6 Å². The number of fused-ring (bicyclic) bond motifs is 1. The SMILES string of the molecule is Cc1cc(=O)n2[nH]c([C@@H]3CCCN(C(=O)c4snnc4C)C3)cc2n1. The molecule has 3 aromatic rings. The van der Waals surface area contributed by atoms with Crippen LogP contribution in [0.1, 0.15) is 45.5 Å². The zero-order valence-electron chi connectivity index (χ0n) is 14.0. The van der Waals surface area contributed by atoms with Crippen molar-refractivity contribution < 1.29 is 4.79 Å². The van der Waals surface area contributed by atoms with Gasteiger partial charge in [-0.1, -0.05) is 4.49 Å². The van der Waals surface area contributed by atoms with E-state index in [1.165, 1.54) is 10.6 Å². The molecule has 1 N–H and O–H groups in total. The van der Waals surface area contributed by atoms with Crippen LogP contribution in [0, 0.1) is 13.8 Å². The van der Waals surface area contributed by atoms with Gasteiger partial charge in [-0.2, -0.15) is 0 Å². The van der Waals surface area contributed by atoms with Crippen LogP contribution in [-0.2, 0) is 0 Å². The van der Waals surface area contributed by atoms with Crippen molar-refractivity contribution in [1.82, 2.24) is 29.1 Å². The number of nitrogens with one attached hydrogen (secondary N) is 1. The van der Waals surface area contributed by atoms with Crippen LogP contribution in [0.3, 0.4) is 0 Å². The van der Waals surface area contributed by atoms with Crippen molar-refractivity contribution in [2.75, 3.05) is 13.1 Å². The summed E-state index contributed by atoms with van der Waals surface area (Å²) < 4.78 is 5.31. The maximum absolute atomic E-state index is 12.7. The number of likely N-dealkylation sites (tertiary alicyclic amines) is 1. The predicted molar refractivity (Wildman–Crippen MR) is 93.1 cm³/mol. The number of aryl methyl sites for hydroxylation is 2. The monoisotopic (exact) mass is 358 g/mol. The molecule has 8 nitrogen and oxygen atoms in total. The minimum Gasteiger partial charge on any atom is -0.337 e. The smallest absolute Gasteiger partial charge is 0.272 e. The lowest BCUT2D eigenvalue weighted by molar-refractivity contribution is 0.0710. The van der Waals surface area contributed by atoms with E-state index in [1.807, 2.05) is 11.0 Å². The van der Waals surface area contributed by atoms with E-state index in [2.05, 4.69) is 19.7 Å². The van der Waals surface area contributed by atoms with Gasteiger partial charge in [0, 0.05) is 42.5 Å². The number of piperidine rings is 1. The van der Waals surface area contributed by atoms with Crippen molar-refractivity contribution >= 4 is 23.1 Å². The summed E-state index contributed by atoms with van der Waals surface area (Å²) in [5.41, 5.74) is 2.81. The summed E-state index contributed by atoms with van der Waals surface area (Å²) in [6.07, 6.45) is 1.88. The van der Waals surface area contributed by atoms with Crippen molar-refractivity contribution in [2.24, 2.45) is 0 Å². The van der Waals surface area contributed by atoms with Crippen molar-refractivity contribution in [3.63, 3.8) is 0 Å². The molecule has 1 aliphatic rings. The summed E-state index contributed by atoms with van der Waals surface area (Å²) >= 11 is 1.14. The van der Waals surface area contributed by atoms with Crippen molar-refractivity contribution in [1.29, 1.82) is 0 Å². The third-order valence-corrected chi connectivity index (χ3v) is 5.41. The number of H-pyrrole nitrogens is 1. The van der Waals surface area contributed by atoms with Gasteiger partial charge < -0.3 is 4.90 Å². The van der Waals surface area contributed by atoms with E-state index in [-0.39, 0.29) is 17.4 Å². The first-order chi connectivity index (χ1) is 12.0. The molecule has 0 bridgehead atoms. The van der Waals surface area contributed by atoms with Crippen molar-refractivity contribution in [2.45, 2.75) is 32.6 Å². The minimum absolute atomic E-state index is 0.0144. The minimum atomic E-state index is -0.121. The molecule has 4 heterocycles. The fraction of sp³-hybridized carbons (Fsp3) is 0.438. The molecule has 0 aliphatic carbocycles. The molecule has 1 amide bonds. The summed E-state index contributed by atoms with van der Waals surface area (Å²) in [7, 11) is 0. The van der Waals surface area contributed by atoms with Crippen LogP contribution < -0.4 is 5.56 Å². The van der Waals surface area contributed by atoms with Gasteiger partial charge >= 0.3 is 0 Å². The number of carbonyl (C=O) groups is 1. The molecule has 1 aliphatic heterocycles. The van der Waals surface area contributed by atoms with Gasteiger partial charge in [0.2, 0.25) is 0 Å². The highest BCUT2D eigenvalue weighted by Gasteiger charge is 2.28. The van der Waals surface area contributed by atoms with Crippen molar-refractivity contribution in [3.8, 4) is 0 Å². The summed E-state index contributed by atoms with van der Waals surface area (Å²) in [5, 5.41) is 7.07. The molecular formula is C16H18N6O2S. The van der Waals surface area contributed by atoms with Gasteiger partial charge in [-0.3, -0.25) is 14.7 Å². The Morgan fingerprint density at radius 2 is 2.20 bits per heavy atom. The second-order valence-electron chi connectivity index (χ2n) is 6.42. The first-order valence-corrected chi connectivity index (χ1v) is 8.98. The fourth-order valence-electron chi connectivity index (χ4n) is 3.32. The molecular weight excluding hydrogens is 340 g/mol. The molecule has 0 spiro atoms. The van der Waals surface area contributed by atoms with Crippen LogP contribution >= 0.6 is 11.5 Å². The molecule has 0 radical (unpaired) electrons. The van der Waals surface area contributed by atoms with Gasteiger partial charge in [0.25, 0.3) is 11.5 Å². The molecule has 0 aromatic carbocycles. The lowest BCUT2D eigenvalue weighted by atomic mass is 9.94. The molecule has 0 unspecified atom stereocenters. The maximum Gasteiger partial charge on any atom is 0.272 e. The largest absolute Gasteiger partial charge is 0.337 e. The van der Waals surface area contributed by atoms with Gasteiger partial charge in [0.1, 0.15) is 4.88 Å². The molecule has 9 heteroatoms. The van der Waals surface area contributed by atoms with E-state index in [0.29, 0.717) is 28.5 Å². The van der Waals surface area contributed by atoms with E-state index >= 15 is 0 Å². The summed E-state index contributed by atoms with van der Waals surface area (Å²) in [6.45, 7) is 4.94. The molecule has 3 aromatic heterocycles. The first kappa shape index (κ1) is 15.9. The Morgan fingerprint density at radius 3 is 2.96 bits per heavy atom. The van der Waals surface area contributed by atoms with Gasteiger partial charge in [-0.05, 0) is 38.2 Å². The summed E-state index contributed by atoms with van der Waals surface area (Å²) in [5.74, 6) is 0.139. The van der Waals surface area contributed by atoms with Crippen LogP contribution in [0.25, 0.3) is 5.65 Å². The Kier molecular flexibility index (Phi) is 3.87. The molecule has 25 heavy (non-hydrogen) atoms. The lowest BCUT2D eigenvalue weighted by Gasteiger charge is -2.31. The fourth-order valence-corrected chi connectivity index (χ4v) is 3.95. The Hall–Kier alpha value is -2.55. The summed E-state index contributed by atoms with van der Waals surface area (Å²) in [4.78, 5) is 31.6. The van der Waals surface area contributed by atoms with Crippen LogP contribution in [0.5, 0.6) is 0 Å². The Labute approximate surface area is 147 Å². The average Bonchev–Trinajstić information content (AvgIpc) is 3.20. The number of aromatic amines is 1. The quantitative estimate of drug-likeness (QED) is 0.749. The molecule has 1 atom stereocenters. The summed E-state index contributed by atoms with van der Waals surface area (Å²) in [6, 6.07) is 3.41. The van der Waals surface area contributed by atoms with Crippen LogP contribution in [0.15, 0.2) is 16.9 Å². The highest BCUT2D eigenvalue weighted by molar-refractivity contribution is 7.07. The van der Waals surface area contributed by atoms with Crippen LogP contribution in [0.4, 0.5) is 0 Å². The number of hydrogen-bond acceptors (Lipinski definition) is 6. The third-order valence-electron chi connectivity index (χ3n) is 4.59. The Balaban J connectivity index is 1.61. The number of nitrogens with zero attached hydrogens (tertiary/aromatic N) is 5. The highest BCUT2D eigenvalue weighted by atomic mass is 32.1. The topological polar surface area (TPSA) is 96.2 Å². The second kappa shape index (κ2) is 6.07. The van der Waals surface area contributed by atoms with Crippen LogP contribution in [-0.4, -0.2) is 48.1 Å². The average molecular weight is 358 g/mol. The van der Waals surface area contributed by atoms with Crippen molar-refractivity contribution in [3.05, 3.63) is 44.4 Å². The molecule has 0 saturated carbocycles. The molecule has 1 saturated heterocycles. The Bertz CT molecular complexity index is 1000. The normalized spacial score (nSPS) is 18.0. The highest BCUT2D eigenvalue weighted by Crippen LogP contribution is 2.28. The van der Waals surface area contributed by atoms with Gasteiger partial charge in [0.05, 0.1) is 5.69 Å². The Morgan fingerprint density at radius 1 is 1.36 bits per heavy atom. The lowest BCUT2D eigenvalue weighted by Crippen LogP contribution is -2.39. The second-order valence-corrected chi connectivity index (χ2v) is 7.17. The zero-order chi connectivity index (χ0) is 17.6. The first-order valence-electron chi connectivity index (χ1n) is 8.20. The number of amides is 1. The number of carbonyl (C=O) groups excluding carboxylic acids is 1. The van der Waals surface area contributed by atoms with E-state index < -0.39 is 0 Å². The molecule has 4 rings (SSSR count). The maximum atomic E-state index is 12.7. The van der Waals surface area contributed by atoms with E-state index in [9.17, 15) is 9.59 Å². The predicted octanol–water partition coefficient (Wildman–Crippen LogP) is 1.51. The molecule has 130 valence electrons. The number of hydrogen-bond donors (Lipinski definition) is 1. The van der Waals surface area contributed by atoms with Gasteiger partial charge in [-0.15, -0.1) is 5.10 Å². The van der Waals surface area contributed by atoms with Gasteiger partial charge in [-0.25, -0.2) is 9.50 Å². The van der Waals surface area contributed by atoms with Crippen LogP contribution in [0.2, 0.25) is 0 Å². The van der Waals surface area contributed by atoms with Gasteiger partial charge in [0.15, 0.2) is 5.65 Å². The number of aromatic nitrogens is 5. The van der Waals surface area contributed by atoms with E-state index in [4.69, 9.17) is 0 Å². The van der Waals surface area contributed by atoms with E-state index in [1.54, 1.807) is 13.8 Å².